The average molecular weight is 359 g/mol. The number of halogens is 1. The number of piperazine rings is 1. The van der Waals surface area contributed by atoms with Crippen molar-refractivity contribution in [2.45, 2.75) is 36.7 Å². The van der Waals surface area contributed by atoms with Gasteiger partial charge in [0.2, 0.25) is 10.0 Å². The van der Waals surface area contributed by atoms with Gasteiger partial charge in [-0.1, -0.05) is 12.1 Å². The molecule has 2 fully saturated rings. The zero-order valence-corrected chi connectivity index (χ0v) is 13.9. The summed E-state index contributed by atoms with van der Waals surface area (Å²) in [5.41, 5.74) is 0. The highest BCUT2D eigenvalue weighted by atomic mass is 79.9. The van der Waals surface area contributed by atoms with E-state index in [4.69, 9.17) is 0 Å². The van der Waals surface area contributed by atoms with Gasteiger partial charge in [0.25, 0.3) is 0 Å². The molecule has 0 aromatic heterocycles. The molecule has 0 spiro atoms. The molecule has 0 amide bonds. The van der Waals surface area contributed by atoms with Gasteiger partial charge in [-0.2, -0.15) is 4.31 Å². The first kappa shape index (κ1) is 14.5. The van der Waals surface area contributed by atoms with Crippen molar-refractivity contribution in [2.75, 3.05) is 19.6 Å². The first-order valence-corrected chi connectivity index (χ1v) is 9.24. The van der Waals surface area contributed by atoms with E-state index in [2.05, 4.69) is 20.8 Å². The van der Waals surface area contributed by atoms with E-state index in [0.717, 1.165) is 19.5 Å². The summed E-state index contributed by atoms with van der Waals surface area (Å²) < 4.78 is 28.1. The topological polar surface area (TPSA) is 40.6 Å². The molecule has 0 bridgehead atoms. The molecule has 2 heterocycles. The highest BCUT2D eigenvalue weighted by Gasteiger charge is 2.40. The van der Waals surface area contributed by atoms with Crippen LogP contribution in [-0.2, 0) is 10.0 Å². The molecule has 4 nitrogen and oxygen atoms in total. The summed E-state index contributed by atoms with van der Waals surface area (Å²) in [5, 5.41) is 0. The van der Waals surface area contributed by atoms with Gasteiger partial charge in [0, 0.05) is 29.6 Å². The number of sulfonamides is 1. The molecular weight excluding hydrogens is 340 g/mol. The number of rotatable bonds is 2. The summed E-state index contributed by atoms with van der Waals surface area (Å²) in [6.45, 7) is 4.57. The number of fused-ring (bicyclic) bond motifs is 1. The molecule has 0 aliphatic carbocycles. The maximum absolute atomic E-state index is 12.9. The highest BCUT2D eigenvalue weighted by Crippen LogP contribution is 2.31. The van der Waals surface area contributed by atoms with Gasteiger partial charge in [-0.15, -0.1) is 0 Å². The Morgan fingerprint density at radius 2 is 2.00 bits per heavy atom. The molecule has 2 aliphatic rings. The van der Waals surface area contributed by atoms with Gasteiger partial charge in [-0.25, -0.2) is 8.42 Å². The largest absolute Gasteiger partial charge is 0.297 e. The van der Waals surface area contributed by atoms with Crippen molar-refractivity contribution in [1.29, 1.82) is 0 Å². The monoisotopic (exact) mass is 358 g/mol. The van der Waals surface area contributed by atoms with Gasteiger partial charge in [0.1, 0.15) is 0 Å². The minimum atomic E-state index is -3.42. The van der Waals surface area contributed by atoms with E-state index < -0.39 is 10.0 Å². The second-order valence-electron chi connectivity index (χ2n) is 5.65. The standard InChI is InChI=1S/C14H19BrN2O2S/c1-11-9-16-8-4-5-12(16)10-17(11)20(18,19)14-7-3-2-6-13(14)15/h2-3,6-7,11-12H,4-5,8-10H2,1H3. The van der Waals surface area contributed by atoms with E-state index in [-0.39, 0.29) is 6.04 Å². The third-order valence-electron chi connectivity index (χ3n) is 4.30. The van der Waals surface area contributed by atoms with Crippen molar-refractivity contribution in [3.8, 4) is 0 Å². The van der Waals surface area contributed by atoms with Gasteiger partial charge < -0.3 is 0 Å². The van der Waals surface area contributed by atoms with Gasteiger partial charge in [-0.3, -0.25) is 4.90 Å². The zero-order valence-electron chi connectivity index (χ0n) is 11.5. The molecule has 0 N–H and O–H groups in total. The normalized spacial score (nSPS) is 28.5. The maximum atomic E-state index is 12.9. The second kappa shape index (κ2) is 5.40. The fraction of sp³-hybridized carbons (Fsp3) is 0.571. The summed E-state index contributed by atoms with van der Waals surface area (Å²) in [5.74, 6) is 0. The lowest BCUT2D eigenvalue weighted by atomic mass is 10.1. The highest BCUT2D eigenvalue weighted by molar-refractivity contribution is 9.10. The van der Waals surface area contributed by atoms with Gasteiger partial charge >= 0.3 is 0 Å². The van der Waals surface area contributed by atoms with Crippen LogP contribution in [0.2, 0.25) is 0 Å². The maximum Gasteiger partial charge on any atom is 0.244 e. The van der Waals surface area contributed by atoms with Crippen LogP contribution in [0.4, 0.5) is 0 Å². The number of benzene rings is 1. The average Bonchev–Trinajstić information content (AvgIpc) is 2.85. The Bertz CT molecular complexity index is 605. The van der Waals surface area contributed by atoms with Crippen molar-refractivity contribution >= 4 is 26.0 Å². The third-order valence-corrected chi connectivity index (χ3v) is 7.30. The van der Waals surface area contributed by atoms with E-state index >= 15 is 0 Å². The summed E-state index contributed by atoms with van der Waals surface area (Å²) in [4.78, 5) is 2.80. The molecule has 3 rings (SSSR count). The SMILES string of the molecule is CC1CN2CCCC2CN1S(=O)(=O)c1ccccc1Br. The molecule has 6 heteroatoms. The molecule has 2 saturated heterocycles. The first-order valence-electron chi connectivity index (χ1n) is 7.00. The van der Waals surface area contributed by atoms with E-state index in [9.17, 15) is 8.42 Å². The molecule has 2 aliphatic heterocycles. The van der Waals surface area contributed by atoms with Gasteiger partial charge in [0.15, 0.2) is 0 Å². The van der Waals surface area contributed by atoms with Crippen LogP contribution in [0, 0.1) is 0 Å². The summed E-state index contributed by atoms with van der Waals surface area (Å²) in [6, 6.07) is 7.48. The fourth-order valence-corrected chi connectivity index (χ4v) is 5.90. The molecule has 0 radical (unpaired) electrons. The molecule has 1 aromatic rings. The van der Waals surface area contributed by atoms with Crippen LogP contribution in [0.3, 0.4) is 0 Å². The Hall–Kier alpha value is -0.430. The lowest BCUT2D eigenvalue weighted by Gasteiger charge is -2.41. The van der Waals surface area contributed by atoms with E-state index in [1.165, 1.54) is 6.42 Å². The van der Waals surface area contributed by atoms with Crippen molar-refractivity contribution < 1.29 is 8.42 Å². The number of nitrogens with zero attached hydrogens (tertiary/aromatic N) is 2. The molecular formula is C14H19BrN2O2S. The fourth-order valence-electron chi connectivity index (χ4n) is 3.28. The van der Waals surface area contributed by atoms with Crippen molar-refractivity contribution in [1.82, 2.24) is 9.21 Å². The summed E-state index contributed by atoms with van der Waals surface area (Å²) in [7, 11) is -3.42. The molecule has 1 aromatic carbocycles. The molecule has 20 heavy (non-hydrogen) atoms. The predicted molar refractivity (Wildman–Crippen MR) is 82.1 cm³/mol. The quantitative estimate of drug-likeness (QED) is 0.814. The minimum absolute atomic E-state index is 0.0291. The van der Waals surface area contributed by atoms with Crippen LogP contribution in [0.15, 0.2) is 33.6 Å². The minimum Gasteiger partial charge on any atom is -0.297 e. The first-order chi connectivity index (χ1) is 9.50. The molecule has 2 atom stereocenters. The van der Waals surface area contributed by atoms with Gasteiger partial charge in [-0.05, 0) is 54.4 Å². The number of hydrogen-bond donors (Lipinski definition) is 0. The molecule has 110 valence electrons. The van der Waals surface area contributed by atoms with Crippen LogP contribution >= 0.6 is 15.9 Å². The Kier molecular flexibility index (Phi) is 3.92. The summed E-state index contributed by atoms with van der Waals surface area (Å²) in [6.07, 6.45) is 2.29. The second-order valence-corrected chi connectivity index (χ2v) is 8.36. The van der Waals surface area contributed by atoms with Crippen LogP contribution in [0.25, 0.3) is 0 Å². The molecule has 0 saturated carbocycles. The Balaban J connectivity index is 1.93. The van der Waals surface area contributed by atoms with Crippen LogP contribution < -0.4 is 0 Å². The predicted octanol–water partition coefficient (Wildman–Crippen LogP) is 2.31. The Labute approximate surface area is 128 Å². The Morgan fingerprint density at radius 3 is 2.75 bits per heavy atom. The third kappa shape index (κ3) is 2.43. The van der Waals surface area contributed by atoms with E-state index in [0.29, 0.717) is 22.0 Å². The lowest BCUT2D eigenvalue weighted by Crippen LogP contribution is -2.56. The van der Waals surface area contributed by atoms with E-state index in [1.807, 2.05) is 13.0 Å². The van der Waals surface area contributed by atoms with Crippen molar-refractivity contribution in [2.24, 2.45) is 0 Å². The van der Waals surface area contributed by atoms with E-state index in [1.54, 1.807) is 22.5 Å². The van der Waals surface area contributed by atoms with Crippen molar-refractivity contribution in [3.05, 3.63) is 28.7 Å². The van der Waals surface area contributed by atoms with Crippen LogP contribution in [0.1, 0.15) is 19.8 Å². The van der Waals surface area contributed by atoms with Gasteiger partial charge in [0.05, 0.1) is 4.90 Å². The van der Waals surface area contributed by atoms with Crippen molar-refractivity contribution in [3.63, 3.8) is 0 Å². The van der Waals surface area contributed by atoms with Crippen LogP contribution in [-0.4, -0.2) is 49.3 Å². The smallest absolute Gasteiger partial charge is 0.244 e. The number of hydrogen-bond acceptors (Lipinski definition) is 3. The summed E-state index contributed by atoms with van der Waals surface area (Å²) >= 11 is 3.36. The van der Waals surface area contributed by atoms with Crippen LogP contribution in [0.5, 0.6) is 0 Å². The Morgan fingerprint density at radius 1 is 1.25 bits per heavy atom. The lowest BCUT2D eigenvalue weighted by molar-refractivity contribution is 0.117. The molecule has 2 unspecified atom stereocenters. The zero-order chi connectivity index (χ0) is 14.3.